The Morgan fingerprint density at radius 3 is 2.77 bits per heavy atom. The summed E-state index contributed by atoms with van der Waals surface area (Å²) >= 11 is 1.37. The molecule has 0 spiro atoms. The van der Waals surface area contributed by atoms with Crippen molar-refractivity contribution in [1.29, 1.82) is 0 Å². The average Bonchev–Trinajstić information content (AvgIpc) is 3.29. The molecule has 2 aromatic rings. The van der Waals surface area contributed by atoms with Gasteiger partial charge in [0.05, 0.1) is 10.6 Å². The molecule has 0 atom stereocenters. The van der Waals surface area contributed by atoms with Gasteiger partial charge in [-0.05, 0) is 48.4 Å². The summed E-state index contributed by atoms with van der Waals surface area (Å²) in [6.07, 6.45) is 4.53. The van der Waals surface area contributed by atoms with Crippen molar-refractivity contribution in [3.05, 3.63) is 52.5 Å². The van der Waals surface area contributed by atoms with Gasteiger partial charge in [-0.3, -0.25) is 4.79 Å². The van der Waals surface area contributed by atoms with Gasteiger partial charge in [0.15, 0.2) is 0 Å². The predicted octanol–water partition coefficient (Wildman–Crippen LogP) is 2.51. The fourth-order valence-electron chi connectivity index (χ4n) is 2.88. The smallest absolute Gasteiger partial charge is 0.270 e. The topological polar surface area (TPSA) is 79.4 Å². The zero-order valence-electron chi connectivity index (χ0n) is 14.1. The fraction of sp³-hybridized carbons (Fsp3) is 0.333. The Kier molecular flexibility index (Phi) is 4.64. The highest BCUT2D eigenvalue weighted by molar-refractivity contribution is 7.89. The van der Waals surface area contributed by atoms with Gasteiger partial charge in [0.1, 0.15) is 5.69 Å². The van der Waals surface area contributed by atoms with E-state index in [9.17, 15) is 13.2 Å². The van der Waals surface area contributed by atoms with Crippen LogP contribution in [0.15, 0.2) is 46.0 Å². The lowest BCUT2D eigenvalue weighted by Crippen LogP contribution is -2.34. The summed E-state index contributed by atoms with van der Waals surface area (Å²) in [6.45, 7) is 0.720. The van der Waals surface area contributed by atoms with Gasteiger partial charge in [-0.25, -0.2) is 13.4 Å². The number of amides is 1. The van der Waals surface area contributed by atoms with Crippen LogP contribution in [0.25, 0.3) is 5.57 Å². The fourth-order valence-corrected chi connectivity index (χ4v) is 5.27. The van der Waals surface area contributed by atoms with Crippen LogP contribution < -0.4 is 5.32 Å². The summed E-state index contributed by atoms with van der Waals surface area (Å²) in [6, 6.07) is 7.31. The maximum absolute atomic E-state index is 12.6. The molecule has 2 aromatic heterocycles. The predicted molar refractivity (Wildman–Crippen MR) is 100 cm³/mol. The molecule has 0 saturated heterocycles. The third-order valence-electron chi connectivity index (χ3n) is 4.53. The Balaban J connectivity index is 1.50. The van der Waals surface area contributed by atoms with Gasteiger partial charge < -0.3 is 5.32 Å². The van der Waals surface area contributed by atoms with E-state index in [4.69, 9.17) is 0 Å². The van der Waals surface area contributed by atoms with Crippen molar-refractivity contribution in [2.24, 2.45) is 0 Å². The number of hydrogen-bond donors (Lipinski definition) is 1. The van der Waals surface area contributed by atoms with E-state index < -0.39 is 10.0 Å². The van der Waals surface area contributed by atoms with Crippen molar-refractivity contribution in [1.82, 2.24) is 14.6 Å². The highest BCUT2D eigenvalue weighted by Gasteiger charge is 2.27. The lowest BCUT2D eigenvalue weighted by Gasteiger charge is -2.25. The van der Waals surface area contributed by atoms with Crippen molar-refractivity contribution in [2.75, 3.05) is 13.1 Å². The van der Waals surface area contributed by atoms with Crippen molar-refractivity contribution in [3.8, 4) is 0 Å². The van der Waals surface area contributed by atoms with Crippen LogP contribution in [0.1, 0.15) is 35.4 Å². The normalized spacial score (nSPS) is 18.4. The number of carbonyl (C=O) groups excluding carboxylic acids is 1. The first-order valence-corrected chi connectivity index (χ1v) is 10.9. The molecule has 0 radical (unpaired) electrons. The van der Waals surface area contributed by atoms with Gasteiger partial charge in [-0.15, -0.1) is 0 Å². The third-order valence-corrected chi connectivity index (χ3v) is 7.22. The van der Waals surface area contributed by atoms with E-state index in [1.54, 1.807) is 22.9 Å². The van der Waals surface area contributed by atoms with Gasteiger partial charge in [0.2, 0.25) is 10.0 Å². The Labute approximate surface area is 156 Å². The Morgan fingerprint density at radius 1 is 1.27 bits per heavy atom. The number of sulfonamides is 1. The van der Waals surface area contributed by atoms with Crippen molar-refractivity contribution in [3.63, 3.8) is 0 Å². The molecule has 4 rings (SSSR count). The van der Waals surface area contributed by atoms with Crippen LogP contribution in [0, 0.1) is 0 Å². The van der Waals surface area contributed by atoms with Crippen molar-refractivity contribution in [2.45, 2.75) is 30.2 Å². The maximum atomic E-state index is 12.6. The molecule has 1 aliphatic heterocycles. The minimum Gasteiger partial charge on any atom is -0.348 e. The Morgan fingerprint density at radius 2 is 2.12 bits per heavy atom. The van der Waals surface area contributed by atoms with Gasteiger partial charge in [-0.1, -0.05) is 12.1 Å². The van der Waals surface area contributed by atoms with Crippen LogP contribution in [0.4, 0.5) is 0 Å². The standard InChI is InChI=1S/C18H19N3O3S2/c22-18(19-14-4-5-14)17-3-1-2-16(20-17)13-6-9-21(10-7-13)26(23,24)15-8-11-25-12-15/h1-3,6,8,11-12,14H,4-5,7,9-10H2,(H,19,22). The van der Waals surface area contributed by atoms with Gasteiger partial charge in [-0.2, -0.15) is 15.6 Å². The largest absolute Gasteiger partial charge is 0.348 e. The molecule has 26 heavy (non-hydrogen) atoms. The Hall–Kier alpha value is -2.03. The summed E-state index contributed by atoms with van der Waals surface area (Å²) in [5, 5.41) is 6.35. The van der Waals surface area contributed by atoms with E-state index in [0.29, 0.717) is 30.1 Å². The van der Waals surface area contributed by atoms with E-state index >= 15 is 0 Å². The third kappa shape index (κ3) is 3.58. The number of carbonyl (C=O) groups is 1. The second kappa shape index (κ2) is 6.94. The van der Waals surface area contributed by atoms with Crippen LogP contribution in [-0.4, -0.2) is 42.7 Å². The first-order chi connectivity index (χ1) is 12.5. The second-order valence-corrected chi connectivity index (χ2v) is 9.18. The van der Waals surface area contributed by atoms with Crippen molar-refractivity contribution >= 4 is 32.8 Å². The molecule has 0 bridgehead atoms. The molecule has 1 aliphatic carbocycles. The monoisotopic (exact) mass is 389 g/mol. The summed E-state index contributed by atoms with van der Waals surface area (Å²) in [7, 11) is -3.44. The molecule has 3 heterocycles. The molecule has 1 amide bonds. The SMILES string of the molecule is O=C(NC1CC1)c1cccc(C2=CCN(S(=O)(=O)c3ccsc3)CC2)n1. The second-order valence-electron chi connectivity index (χ2n) is 6.46. The quantitative estimate of drug-likeness (QED) is 0.852. The molecule has 2 aliphatic rings. The molecule has 6 nitrogen and oxygen atoms in total. The zero-order valence-corrected chi connectivity index (χ0v) is 15.7. The van der Waals surface area contributed by atoms with Crippen LogP contribution in [-0.2, 0) is 10.0 Å². The van der Waals surface area contributed by atoms with Gasteiger partial charge in [0.25, 0.3) is 5.91 Å². The minimum atomic E-state index is -3.44. The molecule has 1 fully saturated rings. The van der Waals surface area contributed by atoms with Crippen LogP contribution in [0.3, 0.4) is 0 Å². The van der Waals surface area contributed by atoms with E-state index in [0.717, 1.165) is 24.1 Å². The zero-order chi connectivity index (χ0) is 18.1. The molecular weight excluding hydrogens is 370 g/mol. The maximum Gasteiger partial charge on any atom is 0.270 e. The lowest BCUT2D eigenvalue weighted by molar-refractivity contribution is 0.0946. The van der Waals surface area contributed by atoms with Crippen LogP contribution >= 0.6 is 11.3 Å². The summed E-state index contributed by atoms with van der Waals surface area (Å²) in [5.41, 5.74) is 2.12. The van der Waals surface area contributed by atoms with E-state index in [-0.39, 0.29) is 11.9 Å². The molecule has 1 saturated carbocycles. The number of pyridine rings is 1. The summed E-state index contributed by atoms with van der Waals surface area (Å²) < 4.78 is 26.6. The number of thiophene rings is 1. The van der Waals surface area contributed by atoms with Gasteiger partial charge >= 0.3 is 0 Å². The summed E-state index contributed by atoms with van der Waals surface area (Å²) in [5.74, 6) is -0.146. The molecule has 1 N–H and O–H groups in total. The summed E-state index contributed by atoms with van der Waals surface area (Å²) in [4.78, 5) is 17.0. The minimum absolute atomic E-state index is 0.146. The molecule has 0 aromatic carbocycles. The molecule has 0 unspecified atom stereocenters. The van der Waals surface area contributed by atoms with Gasteiger partial charge in [0, 0.05) is 24.5 Å². The first kappa shape index (κ1) is 17.4. The number of hydrogen-bond acceptors (Lipinski definition) is 5. The first-order valence-electron chi connectivity index (χ1n) is 8.54. The highest BCUT2D eigenvalue weighted by Crippen LogP contribution is 2.26. The number of rotatable bonds is 5. The lowest BCUT2D eigenvalue weighted by atomic mass is 10.1. The number of nitrogens with one attached hydrogen (secondary N) is 1. The Bertz CT molecular complexity index is 948. The molecule has 8 heteroatoms. The van der Waals surface area contributed by atoms with Crippen molar-refractivity contribution < 1.29 is 13.2 Å². The number of nitrogens with zero attached hydrogens (tertiary/aromatic N) is 2. The van der Waals surface area contributed by atoms with E-state index in [1.165, 1.54) is 15.6 Å². The van der Waals surface area contributed by atoms with Crippen LogP contribution in [0.5, 0.6) is 0 Å². The van der Waals surface area contributed by atoms with E-state index in [2.05, 4.69) is 10.3 Å². The molecular formula is C18H19N3O3S2. The van der Waals surface area contributed by atoms with Crippen LogP contribution in [0.2, 0.25) is 0 Å². The van der Waals surface area contributed by atoms with E-state index in [1.807, 2.05) is 18.2 Å². The molecule has 136 valence electrons. The highest BCUT2D eigenvalue weighted by atomic mass is 32.2. The number of aromatic nitrogens is 1. The average molecular weight is 390 g/mol.